The Morgan fingerprint density at radius 3 is 3.06 bits per heavy atom. The molecule has 2 rings (SSSR count). The lowest BCUT2D eigenvalue weighted by Crippen LogP contribution is -2.27. The van der Waals surface area contributed by atoms with E-state index >= 15 is 0 Å². The van der Waals surface area contributed by atoms with E-state index in [2.05, 4.69) is 26.2 Å². The molecule has 0 fully saturated rings. The lowest BCUT2D eigenvalue weighted by Gasteiger charge is -2.07. The zero-order valence-corrected chi connectivity index (χ0v) is 11.0. The molecule has 2 aromatic rings. The van der Waals surface area contributed by atoms with Crippen LogP contribution in [-0.4, -0.2) is 22.0 Å². The fourth-order valence-electron chi connectivity index (χ4n) is 1.49. The molecule has 4 nitrogen and oxygen atoms in total. The van der Waals surface area contributed by atoms with E-state index in [9.17, 15) is 9.18 Å². The minimum Gasteiger partial charge on any atom is -0.350 e. The Bertz CT molecular complexity index is 542. The molecule has 0 saturated heterocycles. The van der Waals surface area contributed by atoms with Crippen molar-refractivity contribution in [2.24, 2.45) is 0 Å². The van der Waals surface area contributed by atoms with Gasteiger partial charge >= 0.3 is 0 Å². The highest BCUT2D eigenvalue weighted by molar-refractivity contribution is 9.10. The third kappa shape index (κ3) is 2.95. The second kappa shape index (κ2) is 5.77. The largest absolute Gasteiger partial charge is 0.350 e. The van der Waals surface area contributed by atoms with Gasteiger partial charge in [0.15, 0.2) is 0 Å². The third-order valence-electron chi connectivity index (χ3n) is 2.41. The molecule has 6 heteroatoms. The average Bonchev–Trinajstić information content (AvgIpc) is 2.85. The van der Waals surface area contributed by atoms with Crippen molar-refractivity contribution in [3.63, 3.8) is 0 Å². The molecule has 1 aromatic carbocycles. The number of hydrogen-bond donors (Lipinski definition) is 1. The smallest absolute Gasteiger partial charge is 0.254 e. The van der Waals surface area contributed by atoms with Crippen LogP contribution in [0.25, 0.3) is 0 Å². The number of halogens is 2. The number of carbonyl (C=O) groups is 1. The molecule has 18 heavy (non-hydrogen) atoms. The fraction of sp³-hybridized carbons (Fsp3) is 0.167. The van der Waals surface area contributed by atoms with Gasteiger partial charge in [0.05, 0.1) is 16.4 Å². The molecule has 0 unspecified atom stereocenters. The van der Waals surface area contributed by atoms with Crippen LogP contribution in [0.3, 0.4) is 0 Å². The van der Waals surface area contributed by atoms with Crippen molar-refractivity contribution in [1.82, 2.24) is 14.9 Å². The van der Waals surface area contributed by atoms with Gasteiger partial charge < -0.3 is 9.88 Å². The third-order valence-corrected chi connectivity index (χ3v) is 3.02. The lowest BCUT2D eigenvalue weighted by molar-refractivity contribution is 0.0948. The number of nitrogens with zero attached hydrogens (tertiary/aromatic N) is 2. The molecule has 1 heterocycles. The van der Waals surface area contributed by atoms with Crippen LogP contribution in [0, 0.1) is 5.82 Å². The summed E-state index contributed by atoms with van der Waals surface area (Å²) in [4.78, 5) is 15.6. The SMILES string of the molecule is O=C(NCCn1ccnc1)c1cccc(Br)c1F. The monoisotopic (exact) mass is 311 g/mol. The van der Waals surface area contributed by atoms with Crippen molar-refractivity contribution >= 4 is 21.8 Å². The summed E-state index contributed by atoms with van der Waals surface area (Å²) in [5.74, 6) is -0.966. The average molecular weight is 312 g/mol. The standard InChI is InChI=1S/C12H11BrFN3O/c13-10-3-1-2-9(11(10)14)12(18)16-5-7-17-6-4-15-8-17/h1-4,6,8H,5,7H2,(H,16,18). The molecule has 0 aliphatic heterocycles. The highest BCUT2D eigenvalue weighted by Crippen LogP contribution is 2.18. The molecule has 0 saturated carbocycles. The Labute approximate surface area is 112 Å². The molecule has 0 aliphatic carbocycles. The molecule has 1 aromatic heterocycles. The zero-order valence-electron chi connectivity index (χ0n) is 9.44. The molecule has 0 atom stereocenters. The van der Waals surface area contributed by atoms with Gasteiger partial charge in [0, 0.05) is 25.5 Å². The van der Waals surface area contributed by atoms with Gasteiger partial charge in [-0.05, 0) is 28.1 Å². The Morgan fingerprint density at radius 1 is 1.50 bits per heavy atom. The predicted molar refractivity (Wildman–Crippen MR) is 68.7 cm³/mol. The van der Waals surface area contributed by atoms with Gasteiger partial charge in [0.1, 0.15) is 5.82 Å². The summed E-state index contributed by atoms with van der Waals surface area (Å²) in [6.45, 7) is 1.02. The first-order chi connectivity index (χ1) is 8.68. The number of carbonyl (C=O) groups excluding carboxylic acids is 1. The number of aromatic nitrogens is 2. The summed E-state index contributed by atoms with van der Waals surface area (Å²) in [7, 11) is 0. The van der Waals surface area contributed by atoms with Gasteiger partial charge in [-0.15, -0.1) is 0 Å². The molecule has 0 aliphatic rings. The summed E-state index contributed by atoms with van der Waals surface area (Å²) in [5, 5.41) is 2.66. The van der Waals surface area contributed by atoms with Gasteiger partial charge in [-0.1, -0.05) is 6.07 Å². The van der Waals surface area contributed by atoms with Crippen molar-refractivity contribution in [3.8, 4) is 0 Å². The number of rotatable bonds is 4. The van der Waals surface area contributed by atoms with Crippen molar-refractivity contribution in [2.75, 3.05) is 6.54 Å². The highest BCUT2D eigenvalue weighted by atomic mass is 79.9. The Kier molecular flexibility index (Phi) is 4.09. The highest BCUT2D eigenvalue weighted by Gasteiger charge is 2.12. The molecule has 0 spiro atoms. The second-order valence-corrected chi connectivity index (χ2v) is 4.51. The van der Waals surface area contributed by atoms with Crippen molar-refractivity contribution in [3.05, 3.63) is 52.8 Å². The fourth-order valence-corrected chi connectivity index (χ4v) is 1.86. The van der Waals surface area contributed by atoms with Gasteiger partial charge in [0.25, 0.3) is 5.91 Å². The predicted octanol–water partition coefficient (Wildman–Crippen LogP) is 2.21. The topological polar surface area (TPSA) is 46.9 Å². The quantitative estimate of drug-likeness (QED) is 0.941. The van der Waals surface area contributed by atoms with Gasteiger partial charge in [-0.25, -0.2) is 9.37 Å². The second-order valence-electron chi connectivity index (χ2n) is 3.66. The minimum atomic E-state index is -0.544. The number of imidazole rings is 1. The van der Waals surface area contributed by atoms with Gasteiger partial charge in [-0.3, -0.25) is 4.79 Å². The number of amides is 1. The van der Waals surface area contributed by atoms with E-state index in [-0.39, 0.29) is 10.0 Å². The van der Waals surface area contributed by atoms with Crippen LogP contribution < -0.4 is 5.32 Å². The molecule has 94 valence electrons. The van der Waals surface area contributed by atoms with Crippen LogP contribution in [0.15, 0.2) is 41.4 Å². The van der Waals surface area contributed by atoms with E-state index in [0.29, 0.717) is 13.1 Å². The summed E-state index contributed by atoms with van der Waals surface area (Å²) in [5.41, 5.74) is 0.0370. The molecule has 0 radical (unpaired) electrons. The van der Waals surface area contributed by atoms with E-state index in [0.717, 1.165) is 0 Å². The molecular formula is C12H11BrFN3O. The summed E-state index contributed by atoms with van der Waals surface area (Å²) in [6.07, 6.45) is 5.12. The zero-order chi connectivity index (χ0) is 13.0. The maximum absolute atomic E-state index is 13.6. The normalized spacial score (nSPS) is 10.3. The summed E-state index contributed by atoms with van der Waals surface area (Å²) in [6, 6.07) is 4.63. The first kappa shape index (κ1) is 12.8. The van der Waals surface area contributed by atoms with Crippen LogP contribution in [-0.2, 0) is 6.54 Å². The number of hydrogen-bond acceptors (Lipinski definition) is 2. The van der Waals surface area contributed by atoms with Crippen molar-refractivity contribution < 1.29 is 9.18 Å². The van der Waals surface area contributed by atoms with Crippen LogP contribution in [0.4, 0.5) is 4.39 Å². The van der Waals surface area contributed by atoms with Gasteiger partial charge in [-0.2, -0.15) is 0 Å². The first-order valence-corrected chi connectivity index (χ1v) is 6.16. The van der Waals surface area contributed by atoms with E-state index in [1.54, 1.807) is 30.9 Å². The van der Waals surface area contributed by atoms with Crippen LogP contribution in [0.2, 0.25) is 0 Å². The molecule has 0 bridgehead atoms. The number of benzene rings is 1. The maximum atomic E-state index is 13.6. The lowest BCUT2D eigenvalue weighted by atomic mass is 10.2. The van der Waals surface area contributed by atoms with E-state index in [1.807, 2.05) is 4.57 Å². The van der Waals surface area contributed by atoms with E-state index in [4.69, 9.17) is 0 Å². The first-order valence-electron chi connectivity index (χ1n) is 5.36. The maximum Gasteiger partial charge on any atom is 0.254 e. The summed E-state index contributed by atoms with van der Waals surface area (Å²) < 4.78 is 15.7. The Hall–Kier alpha value is -1.69. The molecule has 1 amide bonds. The van der Waals surface area contributed by atoms with Crippen LogP contribution >= 0.6 is 15.9 Å². The van der Waals surface area contributed by atoms with Crippen LogP contribution in [0.5, 0.6) is 0 Å². The summed E-state index contributed by atoms with van der Waals surface area (Å²) >= 11 is 3.05. The minimum absolute atomic E-state index is 0.0370. The number of nitrogens with one attached hydrogen (secondary N) is 1. The van der Waals surface area contributed by atoms with E-state index < -0.39 is 11.7 Å². The van der Waals surface area contributed by atoms with Crippen molar-refractivity contribution in [1.29, 1.82) is 0 Å². The van der Waals surface area contributed by atoms with E-state index in [1.165, 1.54) is 6.07 Å². The Balaban J connectivity index is 1.93. The van der Waals surface area contributed by atoms with Gasteiger partial charge in [0.2, 0.25) is 0 Å². The van der Waals surface area contributed by atoms with Crippen molar-refractivity contribution in [2.45, 2.75) is 6.54 Å². The van der Waals surface area contributed by atoms with Crippen LogP contribution in [0.1, 0.15) is 10.4 Å². The molecule has 1 N–H and O–H groups in total. The molecular weight excluding hydrogens is 301 g/mol. The Morgan fingerprint density at radius 2 is 2.33 bits per heavy atom.